The van der Waals surface area contributed by atoms with Crippen LogP contribution in [0.3, 0.4) is 0 Å². The summed E-state index contributed by atoms with van der Waals surface area (Å²) in [5.74, 6) is 0.524. The van der Waals surface area contributed by atoms with Crippen LogP contribution in [0.4, 0.5) is 0 Å². The second-order valence-electron chi connectivity index (χ2n) is 5.63. The molecule has 2 atom stereocenters. The highest BCUT2D eigenvalue weighted by Crippen LogP contribution is 2.25. The van der Waals surface area contributed by atoms with Gasteiger partial charge in [0.1, 0.15) is 0 Å². The fourth-order valence-corrected chi connectivity index (χ4v) is 3.06. The van der Waals surface area contributed by atoms with Gasteiger partial charge in [0.05, 0.1) is 5.69 Å². The molecule has 0 spiro atoms. The van der Waals surface area contributed by atoms with Crippen LogP contribution in [0, 0.1) is 0 Å². The highest BCUT2D eigenvalue weighted by molar-refractivity contribution is 5.22. The second-order valence-corrected chi connectivity index (χ2v) is 5.63. The second kappa shape index (κ2) is 7.41. The molecule has 1 aromatic heterocycles. The molecule has 0 aliphatic rings. The maximum Gasteiger partial charge on any atom is 0.0624 e. The fourth-order valence-electron chi connectivity index (χ4n) is 3.06. The Balaban J connectivity index is 2.19. The summed E-state index contributed by atoms with van der Waals surface area (Å²) in [4.78, 5) is 0. The van der Waals surface area contributed by atoms with Crippen molar-refractivity contribution in [1.29, 1.82) is 0 Å². The molecule has 2 rings (SSSR count). The molecule has 0 aliphatic carbocycles. The molecule has 0 radical (unpaired) electrons. The van der Waals surface area contributed by atoms with Gasteiger partial charge in [-0.25, -0.2) is 0 Å². The van der Waals surface area contributed by atoms with Gasteiger partial charge < -0.3 is 5.32 Å². The van der Waals surface area contributed by atoms with Gasteiger partial charge >= 0.3 is 0 Å². The van der Waals surface area contributed by atoms with E-state index < -0.39 is 0 Å². The summed E-state index contributed by atoms with van der Waals surface area (Å²) in [6.07, 6.45) is 3.13. The SMILES string of the molecule is CCc1cc(CC(NC)C(CC)c2ccccc2)n(C)n1. The van der Waals surface area contributed by atoms with Crippen LogP contribution in [0.25, 0.3) is 0 Å². The predicted octanol–water partition coefficient (Wildman–Crippen LogP) is 3.31. The maximum atomic E-state index is 4.56. The predicted molar refractivity (Wildman–Crippen MR) is 88.6 cm³/mol. The monoisotopic (exact) mass is 285 g/mol. The van der Waals surface area contributed by atoms with Gasteiger partial charge in [0.2, 0.25) is 0 Å². The van der Waals surface area contributed by atoms with Crippen LogP contribution in [0.5, 0.6) is 0 Å². The lowest BCUT2D eigenvalue weighted by Gasteiger charge is -2.26. The third-order valence-electron chi connectivity index (χ3n) is 4.34. The van der Waals surface area contributed by atoms with E-state index in [2.05, 4.69) is 67.7 Å². The van der Waals surface area contributed by atoms with Crippen molar-refractivity contribution < 1.29 is 0 Å². The van der Waals surface area contributed by atoms with E-state index in [0.717, 1.165) is 19.3 Å². The summed E-state index contributed by atoms with van der Waals surface area (Å²) in [7, 11) is 4.11. The normalized spacial score (nSPS) is 14.1. The van der Waals surface area contributed by atoms with Crippen LogP contribution in [-0.4, -0.2) is 22.9 Å². The molecule has 2 aromatic rings. The van der Waals surface area contributed by atoms with Crippen molar-refractivity contribution in [2.24, 2.45) is 7.05 Å². The van der Waals surface area contributed by atoms with E-state index >= 15 is 0 Å². The summed E-state index contributed by atoms with van der Waals surface area (Å²) in [6, 6.07) is 13.5. The minimum atomic E-state index is 0.428. The molecule has 0 bridgehead atoms. The van der Waals surface area contributed by atoms with Crippen LogP contribution in [-0.2, 0) is 19.9 Å². The molecule has 3 nitrogen and oxygen atoms in total. The van der Waals surface area contributed by atoms with Gasteiger partial charge in [0, 0.05) is 25.2 Å². The topological polar surface area (TPSA) is 29.9 Å². The van der Waals surface area contributed by atoms with Gasteiger partial charge in [-0.05, 0) is 37.4 Å². The molecule has 1 N–H and O–H groups in total. The van der Waals surface area contributed by atoms with Gasteiger partial charge in [0.15, 0.2) is 0 Å². The molecular weight excluding hydrogens is 258 g/mol. The number of benzene rings is 1. The Morgan fingerprint density at radius 3 is 2.43 bits per heavy atom. The molecule has 0 saturated carbocycles. The van der Waals surface area contributed by atoms with E-state index in [1.807, 2.05) is 11.7 Å². The molecule has 1 aromatic carbocycles. The smallest absolute Gasteiger partial charge is 0.0624 e. The number of likely N-dealkylation sites (N-methyl/N-ethyl adjacent to an activating group) is 1. The van der Waals surface area contributed by atoms with Gasteiger partial charge in [0.25, 0.3) is 0 Å². The number of nitrogens with zero attached hydrogens (tertiary/aromatic N) is 2. The lowest BCUT2D eigenvalue weighted by atomic mass is 9.86. The van der Waals surface area contributed by atoms with Crippen molar-refractivity contribution in [3.8, 4) is 0 Å². The Bertz CT molecular complexity index is 545. The highest BCUT2D eigenvalue weighted by atomic mass is 15.3. The Kier molecular flexibility index (Phi) is 5.57. The summed E-state index contributed by atoms with van der Waals surface area (Å²) in [6.45, 7) is 4.42. The van der Waals surface area contributed by atoms with Gasteiger partial charge in [-0.15, -0.1) is 0 Å². The van der Waals surface area contributed by atoms with Gasteiger partial charge in [-0.1, -0.05) is 44.2 Å². The first-order valence-corrected chi connectivity index (χ1v) is 7.93. The zero-order valence-electron chi connectivity index (χ0n) is 13.6. The molecular formula is C18H27N3. The number of aromatic nitrogens is 2. The Hall–Kier alpha value is -1.61. The zero-order chi connectivity index (χ0) is 15.2. The number of nitrogens with one attached hydrogen (secondary N) is 1. The Morgan fingerprint density at radius 1 is 1.19 bits per heavy atom. The Morgan fingerprint density at radius 2 is 1.90 bits per heavy atom. The van der Waals surface area contributed by atoms with Crippen molar-refractivity contribution in [3.05, 3.63) is 53.3 Å². The zero-order valence-corrected chi connectivity index (χ0v) is 13.6. The van der Waals surface area contributed by atoms with E-state index in [0.29, 0.717) is 12.0 Å². The molecule has 114 valence electrons. The van der Waals surface area contributed by atoms with Crippen LogP contribution in [0.15, 0.2) is 36.4 Å². The van der Waals surface area contributed by atoms with E-state index in [1.165, 1.54) is 17.0 Å². The van der Waals surface area contributed by atoms with E-state index in [9.17, 15) is 0 Å². The summed E-state index contributed by atoms with van der Waals surface area (Å²) in [5.41, 5.74) is 3.90. The standard InChI is InChI=1S/C18H27N3/c1-5-15-12-16(21(4)20-15)13-18(19-3)17(6-2)14-10-8-7-9-11-14/h7-12,17-19H,5-6,13H2,1-4H3. The highest BCUT2D eigenvalue weighted by Gasteiger charge is 2.21. The molecule has 0 saturated heterocycles. The van der Waals surface area contributed by atoms with Crippen molar-refractivity contribution in [1.82, 2.24) is 15.1 Å². The summed E-state index contributed by atoms with van der Waals surface area (Å²) in [5, 5.41) is 8.08. The van der Waals surface area contributed by atoms with Crippen LogP contribution in [0.1, 0.15) is 43.1 Å². The van der Waals surface area contributed by atoms with Crippen molar-refractivity contribution in [3.63, 3.8) is 0 Å². The quantitative estimate of drug-likeness (QED) is 0.846. The molecule has 0 fully saturated rings. The summed E-state index contributed by atoms with van der Waals surface area (Å²) >= 11 is 0. The van der Waals surface area contributed by atoms with Crippen molar-refractivity contribution in [2.45, 2.75) is 45.1 Å². The Labute approximate surface area is 128 Å². The van der Waals surface area contributed by atoms with Crippen LogP contribution < -0.4 is 5.32 Å². The van der Waals surface area contributed by atoms with Crippen LogP contribution in [0.2, 0.25) is 0 Å². The molecule has 21 heavy (non-hydrogen) atoms. The fraction of sp³-hybridized carbons (Fsp3) is 0.500. The molecule has 2 unspecified atom stereocenters. The van der Waals surface area contributed by atoms with E-state index in [1.54, 1.807) is 0 Å². The van der Waals surface area contributed by atoms with Gasteiger partial charge in [-0.3, -0.25) is 4.68 Å². The molecule has 3 heteroatoms. The third-order valence-corrected chi connectivity index (χ3v) is 4.34. The van der Waals surface area contributed by atoms with Crippen molar-refractivity contribution in [2.75, 3.05) is 7.05 Å². The number of rotatable bonds is 7. The minimum absolute atomic E-state index is 0.428. The van der Waals surface area contributed by atoms with Crippen LogP contribution >= 0.6 is 0 Å². The average Bonchev–Trinajstić information content (AvgIpc) is 2.88. The third kappa shape index (κ3) is 3.73. The lowest BCUT2D eigenvalue weighted by molar-refractivity contribution is 0.438. The molecule has 0 amide bonds. The number of hydrogen-bond acceptors (Lipinski definition) is 2. The minimum Gasteiger partial charge on any atom is -0.316 e. The van der Waals surface area contributed by atoms with Gasteiger partial charge in [-0.2, -0.15) is 5.10 Å². The molecule has 1 heterocycles. The number of hydrogen-bond donors (Lipinski definition) is 1. The maximum absolute atomic E-state index is 4.56. The largest absolute Gasteiger partial charge is 0.316 e. The van der Waals surface area contributed by atoms with E-state index in [4.69, 9.17) is 0 Å². The first kappa shape index (κ1) is 15.8. The number of aryl methyl sites for hydroxylation is 2. The lowest BCUT2D eigenvalue weighted by Crippen LogP contribution is -2.34. The van der Waals surface area contributed by atoms with E-state index in [-0.39, 0.29) is 0 Å². The average molecular weight is 285 g/mol. The van der Waals surface area contributed by atoms with Crippen molar-refractivity contribution >= 4 is 0 Å². The first-order chi connectivity index (χ1) is 10.2. The first-order valence-electron chi connectivity index (χ1n) is 7.93. The molecule has 0 aliphatic heterocycles. The summed E-state index contributed by atoms with van der Waals surface area (Å²) < 4.78 is 2.03.